The van der Waals surface area contributed by atoms with E-state index < -0.39 is 6.09 Å². The maximum absolute atomic E-state index is 13.0. The number of benzene rings is 2. The second kappa shape index (κ2) is 7.51. The van der Waals surface area contributed by atoms with Crippen LogP contribution in [0.5, 0.6) is 0 Å². The van der Waals surface area contributed by atoms with Gasteiger partial charge in [-0.25, -0.2) is 9.69 Å². The van der Waals surface area contributed by atoms with Crippen LogP contribution in [0.1, 0.15) is 43.4 Å². The van der Waals surface area contributed by atoms with Gasteiger partial charge in [-0.15, -0.1) is 0 Å². The van der Waals surface area contributed by atoms with Gasteiger partial charge in [-0.1, -0.05) is 74.5 Å². The van der Waals surface area contributed by atoms with E-state index in [4.69, 9.17) is 4.74 Å². The molecule has 4 nitrogen and oxygen atoms in total. The molecule has 0 N–H and O–H groups in total. The molecule has 0 aromatic heterocycles. The number of amides is 2. The van der Waals surface area contributed by atoms with Crippen molar-refractivity contribution in [3.8, 4) is 0 Å². The van der Waals surface area contributed by atoms with E-state index in [-0.39, 0.29) is 24.5 Å². The predicted molar refractivity (Wildman–Crippen MR) is 96.0 cm³/mol. The van der Waals surface area contributed by atoms with Crippen LogP contribution in [-0.2, 0) is 9.53 Å². The topological polar surface area (TPSA) is 46.6 Å². The van der Waals surface area contributed by atoms with Crippen molar-refractivity contribution in [1.82, 2.24) is 4.90 Å². The van der Waals surface area contributed by atoms with Crippen molar-refractivity contribution >= 4 is 12.0 Å². The Balaban J connectivity index is 1.81. The van der Waals surface area contributed by atoms with Gasteiger partial charge in [0.05, 0.1) is 0 Å². The van der Waals surface area contributed by atoms with Crippen molar-refractivity contribution in [3.05, 3.63) is 71.8 Å². The molecule has 1 aliphatic heterocycles. The molecular weight excluding hydrogens is 314 g/mol. The molecule has 2 aromatic carbocycles. The van der Waals surface area contributed by atoms with Gasteiger partial charge in [0.1, 0.15) is 12.6 Å². The second-order valence-electron chi connectivity index (χ2n) is 6.73. The number of hydrogen-bond donors (Lipinski definition) is 0. The third kappa shape index (κ3) is 3.73. The maximum Gasteiger partial charge on any atom is 0.417 e. The first-order valence-electron chi connectivity index (χ1n) is 8.66. The van der Waals surface area contributed by atoms with Crippen molar-refractivity contribution < 1.29 is 14.3 Å². The minimum atomic E-state index is -0.547. The highest BCUT2D eigenvalue weighted by Crippen LogP contribution is 2.33. The normalized spacial score (nSPS) is 18.3. The summed E-state index contributed by atoms with van der Waals surface area (Å²) in [5.74, 6) is 0.178. The predicted octanol–water partition coefficient (Wildman–Crippen LogP) is 4.54. The lowest BCUT2D eigenvalue weighted by molar-refractivity contribution is -0.129. The first-order chi connectivity index (χ1) is 12.1. The third-order valence-electron chi connectivity index (χ3n) is 4.75. The molecule has 0 saturated carbocycles. The number of carbonyl (C=O) groups is 2. The highest BCUT2D eigenvalue weighted by Gasteiger charge is 2.39. The van der Waals surface area contributed by atoms with Crippen LogP contribution >= 0.6 is 0 Å². The number of rotatable bonds is 5. The molecule has 25 heavy (non-hydrogen) atoms. The zero-order chi connectivity index (χ0) is 17.8. The molecule has 0 spiro atoms. The van der Waals surface area contributed by atoms with Crippen LogP contribution in [0, 0.1) is 5.92 Å². The molecular formula is C21H23NO3. The van der Waals surface area contributed by atoms with Gasteiger partial charge < -0.3 is 4.74 Å². The zero-order valence-electron chi connectivity index (χ0n) is 14.6. The molecule has 2 atom stereocenters. The summed E-state index contributed by atoms with van der Waals surface area (Å²) in [6, 6.07) is 19.2. The Hall–Kier alpha value is -2.62. The zero-order valence-corrected chi connectivity index (χ0v) is 14.6. The van der Waals surface area contributed by atoms with E-state index >= 15 is 0 Å². The highest BCUT2D eigenvalue weighted by atomic mass is 16.6. The van der Waals surface area contributed by atoms with Crippen molar-refractivity contribution in [2.24, 2.45) is 5.92 Å². The summed E-state index contributed by atoms with van der Waals surface area (Å²) in [5, 5.41) is 0. The van der Waals surface area contributed by atoms with Gasteiger partial charge in [0.2, 0.25) is 5.91 Å². The number of cyclic esters (lactones) is 1. The van der Waals surface area contributed by atoms with Gasteiger partial charge in [-0.05, 0) is 23.0 Å². The smallest absolute Gasteiger partial charge is 0.417 e. The quantitative estimate of drug-likeness (QED) is 0.805. The first kappa shape index (κ1) is 17.2. The van der Waals surface area contributed by atoms with Gasteiger partial charge >= 0.3 is 6.09 Å². The van der Waals surface area contributed by atoms with Crippen LogP contribution in [0.4, 0.5) is 4.79 Å². The Kier molecular flexibility index (Phi) is 5.17. The van der Waals surface area contributed by atoms with E-state index in [1.54, 1.807) is 0 Å². The summed E-state index contributed by atoms with van der Waals surface area (Å²) >= 11 is 0. The summed E-state index contributed by atoms with van der Waals surface area (Å²) in [6.45, 7) is 4.41. The Bertz CT molecular complexity index is 727. The SMILES string of the molecule is CC(C)[C@@H](CC(=O)N1C(=O)OC[C@H]1c1ccccc1)c1ccccc1. The van der Waals surface area contributed by atoms with Gasteiger partial charge in [0.15, 0.2) is 0 Å². The molecule has 1 saturated heterocycles. The molecule has 3 rings (SSSR count). The van der Waals surface area contributed by atoms with Crippen LogP contribution in [0.15, 0.2) is 60.7 Å². The second-order valence-corrected chi connectivity index (χ2v) is 6.73. The Morgan fingerprint density at radius 2 is 1.68 bits per heavy atom. The minimum Gasteiger partial charge on any atom is -0.446 e. The number of carbonyl (C=O) groups excluding carboxylic acids is 2. The average molecular weight is 337 g/mol. The molecule has 130 valence electrons. The summed E-state index contributed by atoms with van der Waals surface area (Å²) in [6.07, 6.45) is -0.255. The lowest BCUT2D eigenvalue weighted by Gasteiger charge is -2.25. The van der Waals surface area contributed by atoms with Crippen LogP contribution in [0.25, 0.3) is 0 Å². The Morgan fingerprint density at radius 3 is 2.28 bits per heavy atom. The summed E-state index contributed by atoms with van der Waals surface area (Å²) in [7, 11) is 0. The van der Waals surface area contributed by atoms with E-state index in [0.29, 0.717) is 12.3 Å². The fraction of sp³-hybridized carbons (Fsp3) is 0.333. The molecule has 0 radical (unpaired) electrons. The molecule has 1 heterocycles. The Morgan fingerprint density at radius 1 is 1.08 bits per heavy atom. The maximum atomic E-state index is 13.0. The van der Waals surface area contributed by atoms with Gasteiger partial charge in [-0.3, -0.25) is 4.79 Å². The molecule has 4 heteroatoms. The molecule has 2 amide bonds. The summed E-state index contributed by atoms with van der Waals surface area (Å²) in [5.41, 5.74) is 2.04. The molecule has 1 aliphatic rings. The van der Waals surface area contributed by atoms with E-state index in [1.165, 1.54) is 4.90 Å². The van der Waals surface area contributed by atoms with Gasteiger partial charge in [0.25, 0.3) is 0 Å². The van der Waals surface area contributed by atoms with E-state index in [9.17, 15) is 9.59 Å². The molecule has 2 aromatic rings. The Labute approximate surface area is 148 Å². The first-order valence-corrected chi connectivity index (χ1v) is 8.66. The minimum absolute atomic E-state index is 0.0681. The molecule has 0 aliphatic carbocycles. The van der Waals surface area contributed by atoms with Crippen LogP contribution in [0.3, 0.4) is 0 Å². The lowest BCUT2D eigenvalue weighted by Crippen LogP contribution is -2.35. The van der Waals surface area contributed by atoms with Crippen molar-refractivity contribution in [2.45, 2.75) is 32.2 Å². The average Bonchev–Trinajstić information content (AvgIpc) is 3.02. The van der Waals surface area contributed by atoms with E-state index in [0.717, 1.165) is 11.1 Å². The van der Waals surface area contributed by atoms with E-state index in [2.05, 4.69) is 13.8 Å². The lowest BCUT2D eigenvalue weighted by atomic mass is 9.85. The number of imide groups is 1. The summed E-state index contributed by atoms with van der Waals surface area (Å²) in [4.78, 5) is 26.4. The fourth-order valence-corrected chi connectivity index (χ4v) is 3.34. The van der Waals surface area contributed by atoms with Gasteiger partial charge in [0, 0.05) is 6.42 Å². The molecule has 0 unspecified atom stereocenters. The fourth-order valence-electron chi connectivity index (χ4n) is 3.34. The monoisotopic (exact) mass is 337 g/mol. The largest absolute Gasteiger partial charge is 0.446 e. The number of ether oxygens (including phenoxy) is 1. The van der Waals surface area contributed by atoms with Gasteiger partial charge in [-0.2, -0.15) is 0 Å². The van der Waals surface area contributed by atoms with Crippen molar-refractivity contribution in [3.63, 3.8) is 0 Å². The standard InChI is InChI=1S/C21H23NO3/c1-15(2)18(16-9-5-3-6-10-16)13-20(23)22-19(14-25-21(22)24)17-11-7-4-8-12-17/h3-12,15,18-19H,13-14H2,1-2H3/t18-,19+/m1/s1. The van der Waals surface area contributed by atoms with Crippen molar-refractivity contribution in [2.75, 3.05) is 6.61 Å². The molecule has 0 bridgehead atoms. The van der Waals surface area contributed by atoms with Crippen LogP contribution in [-0.4, -0.2) is 23.5 Å². The van der Waals surface area contributed by atoms with Crippen LogP contribution in [0.2, 0.25) is 0 Å². The number of hydrogen-bond acceptors (Lipinski definition) is 3. The number of nitrogens with zero attached hydrogens (tertiary/aromatic N) is 1. The van der Waals surface area contributed by atoms with E-state index in [1.807, 2.05) is 60.7 Å². The molecule has 1 fully saturated rings. The highest BCUT2D eigenvalue weighted by molar-refractivity contribution is 5.94. The summed E-state index contributed by atoms with van der Waals surface area (Å²) < 4.78 is 5.17. The van der Waals surface area contributed by atoms with Crippen LogP contribution < -0.4 is 0 Å². The third-order valence-corrected chi connectivity index (χ3v) is 4.75. The van der Waals surface area contributed by atoms with Crippen molar-refractivity contribution in [1.29, 1.82) is 0 Å².